The SMILES string of the molecule is CN(C)CCCN(C)CCC(O)c1ccc(Br)cc1Cl. The largest absolute Gasteiger partial charge is 0.388 e. The van der Waals surface area contributed by atoms with Gasteiger partial charge in [0.15, 0.2) is 0 Å². The molecule has 0 heterocycles. The van der Waals surface area contributed by atoms with Crippen LogP contribution in [0.15, 0.2) is 22.7 Å². The summed E-state index contributed by atoms with van der Waals surface area (Å²) in [6.45, 7) is 2.99. The molecule has 5 heteroatoms. The zero-order valence-corrected chi connectivity index (χ0v) is 14.8. The van der Waals surface area contributed by atoms with Crippen molar-refractivity contribution in [1.29, 1.82) is 0 Å². The molecule has 20 heavy (non-hydrogen) atoms. The second-order valence-electron chi connectivity index (χ2n) is 5.43. The van der Waals surface area contributed by atoms with E-state index in [0.717, 1.165) is 36.1 Å². The van der Waals surface area contributed by atoms with E-state index in [-0.39, 0.29) is 0 Å². The highest BCUT2D eigenvalue weighted by molar-refractivity contribution is 9.10. The first kappa shape index (κ1) is 17.9. The summed E-state index contributed by atoms with van der Waals surface area (Å²) in [7, 11) is 6.25. The fourth-order valence-electron chi connectivity index (χ4n) is 2.04. The summed E-state index contributed by atoms with van der Waals surface area (Å²) < 4.78 is 0.930. The summed E-state index contributed by atoms with van der Waals surface area (Å²) in [5.41, 5.74) is 0.802. The number of benzene rings is 1. The number of hydrogen-bond donors (Lipinski definition) is 1. The Bertz CT molecular complexity index is 415. The Morgan fingerprint density at radius 1 is 1.20 bits per heavy atom. The summed E-state index contributed by atoms with van der Waals surface area (Å²) in [5, 5.41) is 10.8. The topological polar surface area (TPSA) is 26.7 Å². The molecule has 1 aromatic rings. The molecule has 0 amide bonds. The van der Waals surface area contributed by atoms with E-state index in [1.807, 2.05) is 18.2 Å². The van der Waals surface area contributed by atoms with Crippen molar-refractivity contribution in [3.05, 3.63) is 33.3 Å². The molecule has 0 aromatic heterocycles. The van der Waals surface area contributed by atoms with E-state index in [4.69, 9.17) is 11.6 Å². The van der Waals surface area contributed by atoms with Gasteiger partial charge in [-0.2, -0.15) is 0 Å². The van der Waals surface area contributed by atoms with Gasteiger partial charge in [-0.3, -0.25) is 0 Å². The molecule has 0 spiro atoms. The molecule has 1 atom stereocenters. The average Bonchev–Trinajstić information content (AvgIpc) is 2.35. The van der Waals surface area contributed by atoms with Gasteiger partial charge in [0.2, 0.25) is 0 Å². The van der Waals surface area contributed by atoms with Gasteiger partial charge in [-0.25, -0.2) is 0 Å². The molecule has 1 unspecified atom stereocenters. The van der Waals surface area contributed by atoms with E-state index < -0.39 is 6.10 Å². The first-order chi connectivity index (χ1) is 9.40. The van der Waals surface area contributed by atoms with Gasteiger partial charge in [-0.15, -0.1) is 0 Å². The summed E-state index contributed by atoms with van der Waals surface area (Å²) in [6.07, 6.45) is 1.32. The van der Waals surface area contributed by atoms with Crippen LogP contribution in [-0.4, -0.2) is 55.7 Å². The first-order valence-electron chi connectivity index (χ1n) is 6.86. The summed E-state index contributed by atoms with van der Waals surface area (Å²) in [5.74, 6) is 0. The molecule has 3 nitrogen and oxygen atoms in total. The summed E-state index contributed by atoms with van der Waals surface area (Å²) >= 11 is 9.52. The maximum Gasteiger partial charge on any atom is 0.0816 e. The Kier molecular flexibility index (Phi) is 8.07. The third kappa shape index (κ3) is 6.55. The Morgan fingerprint density at radius 2 is 1.90 bits per heavy atom. The molecule has 0 aliphatic heterocycles. The Balaban J connectivity index is 2.37. The third-order valence-corrected chi connectivity index (χ3v) is 4.07. The standard InChI is InChI=1S/C15H24BrClN2O/c1-18(2)8-4-9-19(3)10-7-15(20)13-6-5-12(16)11-14(13)17/h5-6,11,15,20H,4,7-10H2,1-3H3. The monoisotopic (exact) mass is 362 g/mol. The van der Waals surface area contributed by atoms with E-state index in [2.05, 4.69) is 46.9 Å². The highest BCUT2D eigenvalue weighted by atomic mass is 79.9. The predicted octanol–water partition coefficient (Wildman–Crippen LogP) is 3.41. The van der Waals surface area contributed by atoms with Crippen LogP contribution in [0, 0.1) is 0 Å². The van der Waals surface area contributed by atoms with E-state index in [0.29, 0.717) is 11.4 Å². The molecule has 0 bridgehead atoms. The second kappa shape index (κ2) is 9.00. The third-order valence-electron chi connectivity index (χ3n) is 3.25. The van der Waals surface area contributed by atoms with Crippen molar-refractivity contribution < 1.29 is 5.11 Å². The Morgan fingerprint density at radius 3 is 2.50 bits per heavy atom. The molecule has 0 aliphatic rings. The molecule has 1 rings (SSSR count). The van der Waals surface area contributed by atoms with E-state index in [9.17, 15) is 5.11 Å². The fourth-order valence-corrected chi connectivity index (χ4v) is 2.84. The second-order valence-corrected chi connectivity index (χ2v) is 6.75. The average molecular weight is 364 g/mol. The lowest BCUT2D eigenvalue weighted by molar-refractivity contribution is 0.148. The van der Waals surface area contributed by atoms with Crippen LogP contribution >= 0.6 is 27.5 Å². The van der Waals surface area contributed by atoms with Gasteiger partial charge in [0, 0.05) is 16.0 Å². The Hall–Kier alpha value is -0.130. The van der Waals surface area contributed by atoms with E-state index >= 15 is 0 Å². The number of halogens is 2. The van der Waals surface area contributed by atoms with Crippen LogP contribution in [-0.2, 0) is 0 Å². The normalized spacial score (nSPS) is 13.2. The van der Waals surface area contributed by atoms with Gasteiger partial charge < -0.3 is 14.9 Å². The quantitative estimate of drug-likeness (QED) is 0.767. The van der Waals surface area contributed by atoms with Gasteiger partial charge in [-0.1, -0.05) is 33.6 Å². The lowest BCUT2D eigenvalue weighted by Crippen LogP contribution is -2.25. The minimum absolute atomic E-state index is 0.508. The number of aliphatic hydroxyl groups excluding tert-OH is 1. The van der Waals surface area contributed by atoms with Crippen molar-refractivity contribution >= 4 is 27.5 Å². The Labute approximate surface area is 135 Å². The van der Waals surface area contributed by atoms with Gasteiger partial charge in [0.25, 0.3) is 0 Å². The lowest BCUT2D eigenvalue weighted by atomic mass is 10.1. The molecule has 114 valence electrons. The minimum atomic E-state index is -0.508. The molecule has 1 N–H and O–H groups in total. The van der Waals surface area contributed by atoms with Crippen LogP contribution in [0.3, 0.4) is 0 Å². The molecule has 1 aromatic carbocycles. The van der Waals surface area contributed by atoms with Crippen molar-refractivity contribution in [2.75, 3.05) is 40.8 Å². The van der Waals surface area contributed by atoms with Gasteiger partial charge >= 0.3 is 0 Å². The van der Waals surface area contributed by atoms with Crippen LogP contribution in [0.25, 0.3) is 0 Å². The van der Waals surface area contributed by atoms with Crippen LogP contribution in [0.1, 0.15) is 24.5 Å². The number of rotatable bonds is 8. The highest BCUT2D eigenvalue weighted by Gasteiger charge is 2.12. The van der Waals surface area contributed by atoms with Gasteiger partial charge in [0.05, 0.1) is 6.10 Å². The molecule has 0 saturated carbocycles. The maximum atomic E-state index is 10.2. The van der Waals surface area contributed by atoms with Gasteiger partial charge in [0.1, 0.15) is 0 Å². The van der Waals surface area contributed by atoms with Crippen molar-refractivity contribution in [1.82, 2.24) is 9.80 Å². The van der Waals surface area contributed by atoms with Crippen LogP contribution in [0.4, 0.5) is 0 Å². The van der Waals surface area contributed by atoms with Crippen molar-refractivity contribution in [3.63, 3.8) is 0 Å². The molecular formula is C15H24BrClN2O. The number of aliphatic hydroxyl groups is 1. The van der Waals surface area contributed by atoms with E-state index in [1.54, 1.807) is 0 Å². The number of nitrogens with zero attached hydrogens (tertiary/aromatic N) is 2. The predicted molar refractivity (Wildman–Crippen MR) is 89.4 cm³/mol. The summed E-state index contributed by atoms with van der Waals surface area (Å²) in [6, 6.07) is 5.61. The van der Waals surface area contributed by atoms with Crippen LogP contribution in [0.2, 0.25) is 5.02 Å². The summed E-state index contributed by atoms with van der Waals surface area (Å²) in [4.78, 5) is 4.43. The lowest BCUT2D eigenvalue weighted by Gasteiger charge is -2.20. The van der Waals surface area contributed by atoms with Crippen LogP contribution in [0.5, 0.6) is 0 Å². The smallest absolute Gasteiger partial charge is 0.0816 e. The molecule has 0 radical (unpaired) electrons. The molecule has 0 fully saturated rings. The molecule has 0 saturated heterocycles. The number of hydrogen-bond acceptors (Lipinski definition) is 3. The van der Waals surface area contributed by atoms with Crippen LogP contribution < -0.4 is 0 Å². The molecule has 0 aliphatic carbocycles. The highest BCUT2D eigenvalue weighted by Crippen LogP contribution is 2.28. The minimum Gasteiger partial charge on any atom is -0.388 e. The zero-order chi connectivity index (χ0) is 15.1. The zero-order valence-electron chi connectivity index (χ0n) is 12.4. The van der Waals surface area contributed by atoms with Crippen molar-refractivity contribution in [2.24, 2.45) is 0 Å². The van der Waals surface area contributed by atoms with Gasteiger partial charge in [-0.05, 0) is 64.8 Å². The van der Waals surface area contributed by atoms with Crippen molar-refractivity contribution in [3.8, 4) is 0 Å². The van der Waals surface area contributed by atoms with E-state index in [1.165, 1.54) is 0 Å². The first-order valence-corrected chi connectivity index (χ1v) is 8.03. The van der Waals surface area contributed by atoms with Crippen molar-refractivity contribution in [2.45, 2.75) is 18.9 Å². The maximum absolute atomic E-state index is 10.2. The fraction of sp³-hybridized carbons (Fsp3) is 0.600. The molecular weight excluding hydrogens is 340 g/mol.